The second kappa shape index (κ2) is 11.2. The number of anilines is 1. The molecule has 7 rings (SSSR count). The Morgan fingerprint density at radius 3 is 2.58 bits per heavy atom. The van der Waals surface area contributed by atoms with Crippen molar-refractivity contribution in [1.29, 1.82) is 0 Å². The van der Waals surface area contributed by atoms with Crippen molar-refractivity contribution in [2.45, 2.75) is 51.1 Å². The van der Waals surface area contributed by atoms with E-state index in [-0.39, 0.29) is 64.4 Å². The van der Waals surface area contributed by atoms with Crippen molar-refractivity contribution in [1.82, 2.24) is 24.4 Å². The van der Waals surface area contributed by atoms with Gasteiger partial charge in [0, 0.05) is 25.4 Å². The smallest absolute Gasteiger partial charge is 0.356 e. The maximum atomic E-state index is 16.2. The number of carbonyl (C=O) groups excluding carboxylic acids is 1. The summed E-state index contributed by atoms with van der Waals surface area (Å²) in [5.41, 5.74) is -0.0771. The van der Waals surface area contributed by atoms with Crippen LogP contribution in [0.3, 0.4) is 0 Å². The number of nitrogens with zero attached hydrogens (tertiary/aromatic N) is 6. The van der Waals surface area contributed by atoms with Crippen molar-refractivity contribution >= 4 is 22.8 Å². The summed E-state index contributed by atoms with van der Waals surface area (Å²) in [6, 6.07) is 7.05. The summed E-state index contributed by atoms with van der Waals surface area (Å²) in [6.45, 7) is 8.85. The number of rotatable bonds is 3. The Labute approximate surface area is 257 Å². The van der Waals surface area contributed by atoms with Crippen LogP contribution in [-0.4, -0.2) is 68.7 Å². The molecular formula is C33H32F2N6O4. The van der Waals surface area contributed by atoms with Gasteiger partial charge in [0.2, 0.25) is 5.91 Å². The Bertz CT molecular complexity index is 1910. The van der Waals surface area contributed by atoms with E-state index in [0.717, 1.165) is 0 Å². The molecular weight excluding hydrogens is 582 g/mol. The second-order valence-corrected chi connectivity index (χ2v) is 11.8. The van der Waals surface area contributed by atoms with Gasteiger partial charge in [-0.3, -0.25) is 9.78 Å². The summed E-state index contributed by atoms with van der Waals surface area (Å²) in [5, 5.41) is 0.264. The highest BCUT2D eigenvalue weighted by Crippen LogP contribution is 2.43. The van der Waals surface area contributed by atoms with Gasteiger partial charge in [0.05, 0.1) is 41.9 Å². The van der Waals surface area contributed by atoms with Crippen LogP contribution < -0.4 is 20.1 Å². The number of pyridine rings is 2. The number of fused-ring (bicyclic) bond motifs is 6. The van der Waals surface area contributed by atoms with Gasteiger partial charge in [-0.25, -0.2) is 23.1 Å². The zero-order chi connectivity index (χ0) is 31.4. The molecule has 2 fully saturated rings. The molecule has 0 spiro atoms. The minimum atomic E-state index is -0.794. The van der Waals surface area contributed by atoms with Crippen molar-refractivity contribution in [2.24, 2.45) is 0 Å². The van der Waals surface area contributed by atoms with Crippen molar-refractivity contribution in [3.05, 3.63) is 77.0 Å². The van der Waals surface area contributed by atoms with Gasteiger partial charge in [-0.05, 0) is 49.5 Å². The molecule has 232 valence electrons. The van der Waals surface area contributed by atoms with Gasteiger partial charge in [-0.15, -0.1) is 0 Å². The maximum absolute atomic E-state index is 16.2. The topological polar surface area (TPSA) is 103 Å². The molecule has 1 aromatic carbocycles. The van der Waals surface area contributed by atoms with E-state index in [1.54, 1.807) is 23.2 Å². The predicted octanol–water partition coefficient (Wildman–Crippen LogP) is 4.77. The Hall–Kier alpha value is -4.87. The fraction of sp³-hybridized carbons (Fsp3) is 0.364. The fourth-order valence-corrected chi connectivity index (χ4v) is 6.38. The largest absolute Gasteiger partial charge is 0.493 e. The van der Waals surface area contributed by atoms with Crippen molar-refractivity contribution in [3.8, 4) is 28.4 Å². The fourth-order valence-electron chi connectivity index (χ4n) is 6.38. The van der Waals surface area contributed by atoms with E-state index in [4.69, 9.17) is 14.5 Å². The molecule has 0 unspecified atom stereocenters. The standard InChI is InChI=1S/C33H32F2N6O4/c1-4-26(42)39-12-13-40(23-17-22(23)39)31-19-16-21(35)29-27-20(34)8-7-9-24(27)44-14-5-6-15-45-25-10-11-36-28(18(2)3)30(25)41(32(19)37-29)33(43)38-31/h4,7-11,16,18,22-23H,1,5-6,12-15,17H2,2-3H3/t22-,23+/m0/s1. The summed E-state index contributed by atoms with van der Waals surface area (Å²) < 4.78 is 45.1. The van der Waals surface area contributed by atoms with Crippen molar-refractivity contribution in [2.75, 3.05) is 31.2 Å². The third-order valence-electron chi connectivity index (χ3n) is 8.59. The minimum Gasteiger partial charge on any atom is -0.493 e. The molecule has 1 aliphatic carbocycles. The molecule has 3 aromatic heterocycles. The number of ether oxygens (including phenoxy) is 2. The normalized spacial score (nSPS) is 19.2. The van der Waals surface area contributed by atoms with Crippen LogP contribution in [0, 0.1) is 11.6 Å². The lowest BCUT2D eigenvalue weighted by Gasteiger charge is -2.35. The molecule has 12 heteroatoms. The summed E-state index contributed by atoms with van der Waals surface area (Å²) in [6.07, 6.45) is 4.80. The summed E-state index contributed by atoms with van der Waals surface area (Å²) >= 11 is 0. The summed E-state index contributed by atoms with van der Waals surface area (Å²) in [7, 11) is 0. The Balaban J connectivity index is 1.52. The van der Waals surface area contributed by atoms with Crippen LogP contribution in [0.5, 0.6) is 11.5 Å². The number of piperazine rings is 1. The van der Waals surface area contributed by atoms with Gasteiger partial charge in [-0.2, -0.15) is 4.98 Å². The lowest BCUT2D eigenvalue weighted by atomic mass is 10.1. The van der Waals surface area contributed by atoms with Crippen LogP contribution in [0.25, 0.3) is 28.0 Å². The average molecular weight is 615 g/mol. The first-order chi connectivity index (χ1) is 21.8. The van der Waals surface area contributed by atoms with Crippen LogP contribution in [0.1, 0.15) is 44.7 Å². The Kier molecular flexibility index (Phi) is 7.22. The number of hydrogen-bond acceptors (Lipinski definition) is 8. The zero-order valence-corrected chi connectivity index (χ0v) is 25.0. The molecule has 0 radical (unpaired) electrons. The molecule has 2 aliphatic heterocycles. The highest BCUT2D eigenvalue weighted by molar-refractivity contribution is 5.92. The van der Waals surface area contributed by atoms with E-state index >= 15 is 8.78 Å². The van der Waals surface area contributed by atoms with Gasteiger partial charge < -0.3 is 19.3 Å². The molecule has 0 N–H and O–H groups in total. The van der Waals surface area contributed by atoms with E-state index < -0.39 is 17.3 Å². The number of benzene rings is 1. The van der Waals surface area contributed by atoms with Crippen LogP contribution >= 0.6 is 0 Å². The van der Waals surface area contributed by atoms with Gasteiger partial charge >= 0.3 is 5.69 Å². The number of aromatic nitrogens is 4. The Morgan fingerprint density at radius 2 is 1.82 bits per heavy atom. The molecule has 1 saturated carbocycles. The SMILES string of the molecule is C=CC(=O)N1CCN(c2nc(=O)n3c4nc(c(F)cc24)-c2c(F)cccc2OCCCCOc2ccnc(C(C)C)c2-3)[C@@H]2C[C@@H]21. The first-order valence-corrected chi connectivity index (χ1v) is 15.1. The number of hydrogen-bond donors (Lipinski definition) is 0. The molecule has 10 nitrogen and oxygen atoms in total. The molecule has 3 aliphatic rings. The van der Waals surface area contributed by atoms with E-state index in [9.17, 15) is 9.59 Å². The molecule has 1 amide bonds. The van der Waals surface area contributed by atoms with Crippen molar-refractivity contribution in [3.63, 3.8) is 0 Å². The molecule has 4 aromatic rings. The molecule has 1 saturated heterocycles. The lowest BCUT2D eigenvalue weighted by Crippen LogP contribution is -2.49. The summed E-state index contributed by atoms with van der Waals surface area (Å²) in [5.74, 6) is -0.973. The highest BCUT2D eigenvalue weighted by Gasteiger charge is 2.51. The lowest BCUT2D eigenvalue weighted by molar-refractivity contribution is -0.126. The van der Waals surface area contributed by atoms with Crippen LogP contribution in [0.15, 0.2) is 54.0 Å². The second-order valence-electron chi connectivity index (χ2n) is 11.8. The monoisotopic (exact) mass is 614 g/mol. The number of carbonyl (C=O) groups is 1. The maximum Gasteiger partial charge on any atom is 0.356 e. The molecule has 2 bridgehead atoms. The van der Waals surface area contributed by atoms with Crippen LogP contribution in [0.4, 0.5) is 14.6 Å². The van der Waals surface area contributed by atoms with Crippen LogP contribution in [0.2, 0.25) is 0 Å². The first kappa shape index (κ1) is 28.9. The van der Waals surface area contributed by atoms with E-state index in [1.807, 2.05) is 18.7 Å². The third kappa shape index (κ3) is 4.88. The molecule has 45 heavy (non-hydrogen) atoms. The quantitative estimate of drug-likeness (QED) is 0.304. The minimum absolute atomic E-state index is 0.0739. The third-order valence-corrected chi connectivity index (χ3v) is 8.59. The van der Waals surface area contributed by atoms with Crippen molar-refractivity contribution < 1.29 is 23.0 Å². The van der Waals surface area contributed by atoms with E-state index in [0.29, 0.717) is 56.1 Å². The van der Waals surface area contributed by atoms with E-state index in [2.05, 4.69) is 16.5 Å². The number of halogens is 2. The number of amides is 1. The predicted molar refractivity (Wildman–Crippen MR) is 164 cm³/mol. The van der Waals surface area contributed by atoms with Gasteiger partial charge in [0.15, 0.2) is 11.5 Å². The molecule has 5 heterocycles. The zero-order valence-electron chi connectivity index (χ0n) is 25.0. The summed E-state index contributed by atoms with van der Waals surface area (Å²) in [4.78, 5) is 44.1. The Morgan fingerprint density at radius 1 is 1.04 bits per heavy atom. The van der Waals surface area contributed by atoms with Crippen LogP contribution in [-0.2, 0) is 4.79 Å². The highest BCUT2D eigenvalue weighted by atomic mass is 19.1. The average Bonchev–Trinajstić information content (AvgIpc) is 3.83. The molecule has 2 atom stereocenters. The van der Waals surface area contributed by atoms with Gasteiger partial charge in [0.1, 0.15) is 34.5 Å². The van der Waals surface area contributed by atoms with E-state index in [1.165, 1.54) is 28.8 Å². The van der Waals surface area contributed by atoms with Gasteiger partial charge in [0.25, 0.3) is 0 Å². The first-order valence-electron chi connectivity index (χ1n) is 15.1. The van der Waals surface area contributed by atoms with Gasteiger partial charge in [-0.1, -0.05) is 26.5 Å².